The molecule has 3 aliphatic rings. The van der Waals surface area contributed by atoms with Gasteiger partial charge in [0.05, 0.1) is 29.4 Å². The molecule has 0 atom stereocenters. The number of hydrogen-bond acceptors (Lipinski definition) is 8. The van der Waals surface area contributed by atoms with Gasteiger partial charge in [0, 0.05) is 17.8 Å². The molecule has 32 heavy (non-hydrogen) atoms. The van der Waals surface area contributed by atoms with Crippen LogP contribution in [0.5, 0.6) is 0 Å². The van der Waals surface area contributed by atoms with E-state index in [2.05, 4.69) is 14.9 Å². The third-order valence-corrected chi connectivity index (χ3v) is 8.70. The Hall–Kier alpha value is -2.76. The van der Waals surface area contributed by atoms with E-state index in [1.807, 2.05) is 0 Å². The summed E-state index contributed by atoms with van der Waals surface area (Å²) in [4.78, 5) is 19.5. The lowest BCUT2D eigenvalue weighted by Crippen LogP contribution is -2.33. The van der Waals surface area contributed by atoms with Gasteiger partial charge < -0.3 is 14.2 Å². The Morgan fingerprint density at radius 3 is 2.75 bits per heavy atom. The molecule has 0 spiro atoms. The van der Waals surface area contributed by atoms with Crippen LogP contribution in [0, 0.1) is 6.92 Å². The van der Waals surface area contributed by atoms with Gasteiger partial charge in [-0.25, -0.2) is 8.42 Å². The average molecular weight is 473 g/mol. The first kappa shape index (κ1) is 19.9. The number of fused-ring (bicyclic) bond motifs is 1. The maximum atomic E-state index is 13.5. The Balaban J connectivity index is 1.42. The van der Waals surface area contributed by atoms with Crippen molar-refractivity contribution < 1.29 is 22.5 Å². The molecule has 11 heteroatoms. The summed E-state index contributed by atoms with van der Waals surface area (Å²) < 4.78 is 40.6. The number of thiophene rings is 1. The molecular formula is C21H20N4O5S2. The number of rotatable bonds is 4. The normalized spacial score (nSPS) is 17.4. The molecule has 1 N–H and O–H groups in total. The van der Waals surface area contributed by atoms with Crippen LogP contribution in [0.1, 0.15) is 33.8 Å². The number of carbonyl (C=O) groups excluding carboxylic acids is 1. The van der Waals surface area contributed by atoms with Gasteiger partial charge in [-0.05, 0) is 55.0 Å². The van der Waals surface area contributed by atoms with Crippen LogP contribution in [-0.2, 0) is 45.4 Å². The van der Waals surface area contributed by atoms with Gasteiger partial charge in [0.2, 0.25) is 5.91 Å². The summed E-state index contributed by atoms with van der Waals surface area (Å²) in [6, 6.07) is 3.38. The Kier molecular flexibility index (Phi) is 4.43. The summed E-state index contributed by atoms with van der Waals surface area (Å²) >= 11 is 1.34. The first-order valence-corrected chi connectivity index (χ1v) is 12.7. The molecule has 9 nitrogen and oxygen atoms in total. The highest BCUT2D eigenvalue weighted by Crippen LogP contribution is 2.44. The zero-order valence-corrected chi connectivity index (χ0v) is 18.9. The van der Waals surface area contributed by atoms with E-state index in [9.17, 15) is 13.2 Å². The number of benzene rings is 1. The highest BCUT2D eigenvalue weighted by atomic mass is 32.2. The molecule has 166 valence electrons. The number of ether oxygens (including phenoxy) is 1. The lowest BCUT2D eigenvalue weighted by atomic mass is 10.00. The molecule has 3 aliphatic heterocycles. The summed E-state index contributed by atoms with van der Waals surface area (Å²) in [5.41, 5.74) is 4.33. The van der Waals surface area contributed by atoms with Crippen molar-refractivity contribution in [3.63, 3.8) is 0 Å². The molecule has 3 aromatic rings. The zero-order valence-electron chi connectivity index (χ0n) is 17.3. The molecule has 0 unspecified atom stereocenters. The van der Waals surface area contributed by atoms with Crippen LogP contribution in [-0.4, -0.2) is 37.6 Å². The number of nitrogens with zero attached hydrogens (tertiary/aromatic N) is 3. The van der Waals surface area contributed by atoms with Crippen LogP contribution in [0.25, 0.3) is 11.5 Å². The second-order valence-electron chi connectivity index (χ2n) is 8.15. The summed E-state index contributed by atoms with van der Waals surface area (Å²) in [7, 11) is -3.87. The van der Waals surface area contributed by atoms with Gasteiger partial charge in [-0.1, -0.05) is 5.16 Å². The van der Waals surface area contributed by atoms with Gasteiger partial charge in [-0.15, -0.1) is 11.3 Å². The van der Waals surface area contributed by atoms with Gasteiger partial charge in [0.1, 0.15) is 5.00 Å². The highest BCUT2D eigenvalue weighted by molar-refractivity contribution is 7.93. The fraction of sp³-hybridized carbons (Fsp3) is 0.381. The number of nitrogens with one attached hydrogen (secondary N) is 1. The van der Waals surface area contributed by atoms with E-state index in [1.54, 1.807) is 24.0 Å². The first-order chi connectivity index (χ1) is 15.4. The molecule has 0 fully saturated rings. The average Bonchev–Trinajstić information content (AvgIpc) is 3.47. The molecule has 0 saturated heterocycles. The van der Waals surface area contributed by atoms with E-state index in [1.165, 1.54) is 11.3 Å². The fourth-order valence-electron chi connectivity index (χ4n) is 4.69. The fourth-order valence-corrected chi connectivity index (χ4v) is 7.27. The van der Waals surface area contributed by atoms with Gasteiger partial charge in [0.15, 0.2) is 5.82 Å². The van der Waals surface area contributed by atoms with Crippen LogP contribution in [0.2, 0.25) is 0 Å². The van der Waals surface area contributed by atoms with Crippen LogP contribution in [0.4, 0.5) is 10.7 Å². The summed E-state index contributed by atoms with van der Waals surface area (Å²) in [5, 5.41) is 4.33. The number of sulfonamides is 1. The van der Waals surface area contributed by atoms with Crippen molar-refractivity contribution in [3.05, 3.63) is 39.5 Å². The Labute approximate surface area is 188 Å². The number of aryl methyl sites for hydroxylation is 2. The minimum absolute atomic E-state index is 0.107. The SMILES string of the molecule is Cc1noc(-c2c(NS(=O)(=O)c3cc4c5c(c3)CCN5C(=O)CC4)sc3c2CCOC3)n1. The second kappa shape index (κ2) is 7.12. The van der Waals surface area contributed by atoms with Gasteiger partial charge in [-0.2, -0.15) is 4.98 Å². The molecule has 2 aromatic heterocycles. The molecule has 5 heterocycles. The highest BCUT2D eigenvalue weighted by Gasteiger charge is 2.34. The summed E-state index contributed by atoms with van der Waals surface area (Å²) in [5.74, 6) is 0.895. The molecule has 0 aliphatic carbocycles. The minimum Gasteiger partial charge on any atom is -0.376 e. The number of aromatic nitrogens is 2. The number of carbonyl (C=O) groups is 1. The van der Waals surface area contributed by atoms with Gasteiger partial charge in [0.25, 0.3) is 15.9 Å². The van der Waals surface area contributed by atoms with E-state index < -0.39 is 10.0 Å². The topological polar surface area (TPSA) is 115 Å². The lowest BCUT2D eigenvalue weighted by Gasteiger charge is -2.25. The van der Waals surface area contributed by atoms with Crippen molar-refractivity contribution in [1.82, 2.24) is 10.1 Å². The third kappa shape index (κ3) is 3.06. The van der Waals surface area contributed by atoms with Crippen molar-refractivity contribution >= 4 is 38.0 Å². The number of hydrogen-bond donors (Lipinski definition) is 1. The second-order valence-corrected chi connectivity index (χ2v) is 10.9. The van der Waals surface area contributed by atoms with E-state index in [-0.39, 0.29) is 10.8 Å². The maximum Gasteiger partial charge on any atom is 0.262 e. The largest absolute Gasteiger partial charge is 0.376 e. The molecule has 0 bridgehead atoms. The zero-order chi connectivity index (χ0) is 22.0. The molecule has 6 rings (SSSR count). The first-order valence-electron chi connectivity index (χ1n) is 10.4. The van der Waals surface area contributed by atoms with Crippen molar-refractivity contribution in [2.45, 2.75) is 44.1 Å². The molecular weight excluding hydrogens is 452 g/mol. The van der Waals surface area contributed by atoms with Crippen molar-refractivity contribution in [2.24, 2.45) is 0 Å². The van der Waals surface area contributed by atoms with Crippen molar-refractivity contribution in [2.75, 3.05) is 22.8 Å². The van der Waals surface area contributed by atoms with Crippen molar-refractivity contribution in [3.8, 4) is 11.5 Å². The molecule has 1 amide bonds. The maximum absolute atomic E-state index is 13.5. The van der Waals surface area contributed by atoms with E-state index >= 15 is 0 Å². The minimum atomic E-state index is -3.87. The number of amides is 1. The van der Waals surface area contributed by atoms with Crippen LogP contribution in [0.3, 0.4) is 0 Å². The predicted octanol–water partition coefficient (Wildman–Crippen LogP) is 2.82. The Morgan fingerprint density at radius 1 is 1.16 bits per heavy atom. The Morgan fingerprint density at radius 2 is 1.97 bits per heavy atom. The number of anilines is 2. The van der Waals surface area contributed by atoms with E-state index in [0.717, 1.165) is 27.3 Å². The smallest absolute Gasteiger partial charge is 0.262 e. The van der Waals surface area contributed by atoms with Gasteiger partial charge in [-0.3, -0.25) is 9.52 Å². The van der Waals surface area contributed by atoms with Crippen LogP contribution in [0.15, 0.2) is 21.6 Å². The quantitative estimate of drug-likeness (QED) is 0.621. The summed E-state index contributed by atoms with van der Waals surface area (Å²) in [6.45, 7) is 3.31. The summed E-state index contributed by atoms with van der Waals surface area (Å²) in [6.07, 6.45) is 2.27. The third-order valence-electron chi connectivity index (χ3n) is 6.12. The van der Waals surface area contributed by atoms with Crippen LogP contribution >= 0.6 is 11.3 Å². The monoisotopic (exact) mass is 472 g/mol. The predicted molar refractivity (Wildman–Crippen MR) is 117 cm³/mol. The standard InChI is InChI=1S/C21H20N4O5S2/c1-11-22-20(30-23-11)18-15-5-7-29-10-16(15)31-21(18)24-32(27,28)14-8-12-2-3-17(26)25-6-4-13(9-14)19(12)25/h8-9,24H,2-7,10H2,1H3. The van der Waals surface area contributed by atoms with E-state index in [0.29, 0.717) is 67.7 Å². The van der Waals surface area contributed by atoms with E-state index in [4.69, 9.17) is 9.26 Å². The van der Waals surface area contributed by atoms with Gasteiger partial charge >= 0.3 is 0 Å². The van der Waals surface area contributed by atoms with Crippen molar-refractivity contribution in [1.29, 1.82) is 0 Å². The molecule has 0 saturated carbocycles. The molecule has 1 aromatic carbocycles. The Bertz CT molecular complexity index is 1370. The van der Waals surface area contributed by atoms with Crippen LogP contribution < -0.4 is 9.62 Å². The molecule has 0 radical (unpaired) electrons. The lowest BCUT2D eigenvalue weighted by molar-refractivity contribution is -0.118.